The molecule has 0 unspecified atom stereocenters. The van der Waals surface area contributed by atoms with Crippen molar-refractivity contribution >= 4 is 46.7 Å². The summed E-state index contributed by atoms with van der Waals surface area (Å²) >= 11 is 2.68. The van der Waals surface area contributed by atoms with Crippen molar-refractivity contribution in [1.82, 2.24) is 9.80 Å². The molecule has 2 amide bonds. The molecular weight excluding hydrogens is 460 g/mol. The molecule has 176 valence electrons. The van der Waals surface area contributed by atoms with Crippen LogP contribution in [0.1, 0.15) is 40.8 Å². The van der Waals surface area contributed by atoms with Crippen LogP contribution in [0.2, 0.25) is 0 Å². The summed E-state index contributed by atoms with van der Waals surface area (Å²) in [6, 6.07) is 10.6. The lowest BCUT2D eigenvalue weighted by molar-refractivity contribution is -0.130. The molecule has 1 aliphatic heterocycles. The number of rotatable bonds is 7. The van der Waals surface area contributed by atoms with E-state index >= 15 is 0 Å². The Morgan fingerprint density at radius 2 is 1.64 bits per heavy atom. The summed E-state index contributed by atoms with van der Waals surface area (Å²) < 4.78 is 5.21. The van der Waals surface area contributed by atoms with Crippen LogP contribution in [-0.4, -0.2) is 71.9 Å². The number of amides is 2. The first-order chi connectivity index (χ1) is 15.7. The number of carbonyl (C=O) groups is 4. The Balaban J connectivity index is 1.51. The molecule has 0 spiro atoms. The maximum Gasteiger partial charge on any atom is 0.339 e. The zero-order valence-corrected chi connectivity index (χ0v) is 20.7. The summed E-state index contributed by atoms with van der Waals surface area (Å²) in [7, 11) is 0. The van der Waals surface area contributed by atoms with Crippen LogP contribution in [0.3, 0.4) is 0 Å². The van der Waals surface area contributed by atoms with Gasteiger partial charge in [0, 0.05) is 36.5 Å². The lowest BCUT2D eigenvalue weighted by atomic mass is 9.91. The van der Waals surface area contributed by atoms with Gasteiger partial charge in [0.05, 0.1) is 16.2 Å². The van der Waals surface area contributed by atoms with Crippen molar-refractivity contribution in [3.63, 3.8) is 0 Å². The number of hydrogen-bond donors (Lipinski definition) is 0. The molecule has 33 heavy (non-hydrogen) atoms. The standard InChI is InChI=1S/C24H28N2O5S2/c1-24(2,3)20(27)15-31-23(30)17-7-4-5-8-18(17)33-16-21(28)25-10-12-26(13-11-25)22(29)19-9-6-14-32-19/h4-9,14H,10-13,15-16H2,1-3H3. The first-order valence-corrected chi connectivity index (χ1v) is 12.6. The number of thiophene rings is 1. The Morgan fingerprint density at radius 1 is 0.970 bits per heavy atom. The fourth-order valence-corrected chi connectivity index (χ4v) is 4.77. The van der Waals surface area contributed by atoms with E-state index in [2.05, 4.69) is 0 Å². The van der Waals surface area contributed by atoms with Crippen LogP contribution in [0.5, 0.6) is 0 Å². The fourth-order valence-electron chi connectivity index (χ4n) is 3.13. The highest BCUT2D eigenvalue weighted by atomic mass is 32.2. The lowest BCUT2D eigenvalue weighted by Gasteiger charge is -2.34. The summed E-state index contributed by atoms with van der Waals surface area (Å²) in [5.41, 5.74) is -0.247. The van der Waals surface area contributed by atoms with Crippen LogP contribution in [-0.2, 0) is 14.3 Å². The van der Waals surface area contributed by atoms with Gasteiger partial charge in [0.25, 0.3) is 5.91 Å². The molecule has 1 saturated heterocycles. The molecule has 0 bridgehead atoms. The summed E-state index contributed by atoms with van der Waals surface area (Å²) in [5, 5.41) is 1.88. The second kappa shape index (κ2) is 11.0. The van der Waals surface area contributed by atoms with E-state index in [4.69, 9.17) is 4.74 Å². The quantitative estimate of drug-likeness (QED) is 0.437. The highest BCUT2D eigenvalue weighted by molar-refractivity contribution is 8.00. The first-order valence-electron chi connectivity index (χ1n) is 10.7. The Labute approximate surface area is 202 Å². The molecule has 0 radical (unpaired) electrons. The molecule has 0 atom stereocenters. The number of ketones is 1. The van der Waals surface area contributed by atoms with Crippen molar-refractivity contribution in [2.75, 3.05) is 38.5 Å². The van der Waals surface area contributed by atoms with Crippen LogP contribution in [0.25, 0.3) is 0 Å². The minimum atomic E-state index is -0.584. The zero-order valence-electron chi connectivity index (χ0n) is 19.0. The van der Waals surface area contributed by atoms with E-state index in [0.717, 1.165) is 0 Å². The minimum absolute atomic E-state index is 0.00357. The molecular formula is C24H28N2O5S2. The lowest BCUT2D eigenvalue weighted by Crippen LogP contribution is -2.51. The number of piperazine rings is 1. The number of benzene rings is 1. The van der Waals surface area contributed by atoms with Gasteiger partial charge < -0.3 is 14.5 Å². The molecule has 3 rings (SSSR count). The summed E-state index contributed by atoms with van der Waals surface area (Å²) in [5.74, 6) is -0.612. The van der Waals surface area contributed by atoms with Crippen LogP contribution in [0.15, 0.2) is 46.7 Å². The van der Waals surface area contributed by atoms with Gasteiger partial charge in [0.15, 0.2) is 12.4 Å². The van der Waals surface area contributed by atoms with Crippen molar-refractivity contribution in [1.29, 1.82) is 0 Å². The highest BCUT2D eigenvalue weighted by Crippen LogP contribution is 2.25. The van der Waals surface area contributed by atoms with Crippen molar-refractivity contribution in [3.05, 3.63) is 52.2 Å². The Kier molecular flexibility index (Phi) is 8.31. The van der Waals surface area contributed by atoms with Gasteiger partial charge in [0.2, 0.25) is 5.91 Å². The van der Waals surface area contributed by atoms with Gasteiger partial charge in [-0.2, -0.15) is 0 Å². The number of hydrogen-bond acceptors (Lipinski definition) is 7. The fraction of sp³-hybridized carbons (Fsp3) is 0.417. The van der Waals surface area contributed by atoms with Gasteiger partial charge in [-0.1, -0.05) is 39.0 Å². The normalized spacial score (nSPS) is 14.2. The number of nitrogens with zero attached hydrogens (tertiary/aromatic N) is 2. The van der Waals surface area contributed by atoms with Crippen LogP contribution >= 0.6 is 23.1 Å². The highest BCUT2D eigenvalue weighted by Gasteiger charge is 2.26. The van der Waals surface area contributed by atoms with Crippen molar-refractivity contribution in [2.45, 2.75) is 25.7 Å². The Bertz CT molecular complexity index is 1010. The van der Waals surface area contributed by atoms with Crippen LogP contribution in [0, 0.1) is 5.41 Å². The number of esters is 1. The van der Waals surface area contributed by atoms with Gasteiger partial charge in [-0.15, -0.1) is 23.1 Å². The Morgan fingerprint density at radius 3 is 2.27 bits per heavy atom. The zero-order chi connectivity index (χ0) is 24.0. The first kappa shape index (κ1) is 25.0. The molecule has 2 heterocycles. The summed E-state index contributed by atoms with van der Waals surface area (Å²) in [4.78, 5) is 54.6. The maximum absolute atomic E-state index is 12.7. The largest absolute Gasteiger partial charge is 0.454 e. The maximum atomic E-state index is 12.7. The van der Waals surface area contributed by atoms with Crippen LogP contribution < -0.4 is 0 Å². The topological polar surface area (TPSA) is 84.0 Å². The van der Waals surface area contributed by atoms with E-state index in [1.54, 1.807) is 54.8 Å². The molecule has 9 heteroatoms. The second-order valence-corrected chi connectivity index (χ2v) is 10.6. The van der Waals surface area contributed by atoms with Crippen molar-refractivity contribution in [3.8, 4) is 0 Å². The third kappa shape index (κ3) is 6.68. The summed E-state index contributed by atoms with van der Waals surface area (Å²) in [6.07, 6.45) is 0. The van der Waals surface area contributed by atoms with E-state index in [9.17, 15) is 19.2 Å². The molecule has 0 N–H and O–H groups in total. The number of carbonyl (C=O) groups excluding carboxylic acids is 4. The molecule has 0 saturated carbocycles. The van der Waals surface area contributed by atoms with Gasteiger partial charge in [-0.05, 0) is 23.6 Å². The van der Waals surface area contributed by atoms with Crippen molar-refractivity contribution in [2.24, 2.45) is 5.41 Å². The minimum Gasteiger partial charge on any atom is -0.454 e. The van der Waals surface area contributed by atoms with Gasteiger partial charge in [0.1, 0.15) is 0 Å². The predicted molar refractivity (Wildman–Crippen MR) is 129 cm³/mol. The van der Waals surface area contributed by atoms with E-state index in [1.165, 1.54) is 23.1 Å². The van der Waals surface area contributed by atoms with E-state index in [0.29, 0.717) is 41.5 Å². The molecule has 7 nitrogen and oxygen atoms in total. The number of thioether (sulfide) groups is 1. The number of Topliss-reactive ketones (excluding diaryl/α,β-unsaturated/α-hetero) is 1. The van der Waals surface area contributed by atoms with Gasteiger partial charge in [-0.3, -0.25) is 14.4 Å². The molecule has 1 aromatic heterocycles. The van der Waals surface area contributed by atoms with Gasteiger partial charge >= 0.3 is 5.97 Å². The smallest absolute Gasteiger partial charge is 0.339 e. The van der Waals surface area contributed by atoms with E-state index in [1.807, 2.05) is 17.5 Å². The van der Waals surface area contributed by atoms with E-state index < -0.39 is 11.4 Å². The average Bonchev–Trinajstić information content (AvgIpc) is 3.35. The van der Waals surface area contributed by atoms with E-state index in [-0.39, 0.29) is 30.0 Å². The molecule has 2 aromatic rings. The molecule has 1 aromatic carbocycles. The van der Waals surface area contributed by atoms with Crippen molar-refractivity contribution < 1.29 is 23.9 Å². The molecule has 1 fully saturated rings. The third-order valence-electron chi connectivity index (χ3n) is 5.28. The third-order valence-corrected chi connectivity index (χ3v) is 7.20. The SMILES string of the molecule is CC(C)(C)C(=O)COC(=O)c1ccccc1SCC(=O)N1CCN(C(=O)c2cccs2)CC1. The molecule has 1 aliphatic rings. The average molecular weight is 489 g/mol. The number of ether oxygens (including phenoxy) is 1. The van der Waals surface area contributed by atoms with Crippen LogP contribution in [0.4, 0.5) is 0 Å². The second-order valence-electron chi connectivity index (χ2n) is 8.68. The predicted octanol–water partition coefficient (Wildman–Crippen LogP) is 3.60. The molecule has 0 aliphatic carbocycles. The van der Waals surface area contributed by atoms with Gasteiger partial charge in [-0.25, -0.2) is 4.79 Å². The Hall–Kier alpha value is -2.65. The monoisotopic (exact) mass is 488 g/mol. The summed E-state index contributed by atoms with van der Waals surface area (Å²) in [6.45, 7) is 7.00.